The molecule has 0 aromatic rings. The van der Waals surface area contributed by atoms with Crippen LogP contribution in [0.2, 0.25) is 0 Å². The van der Waals surface area contributed by atoms with E-state index >= 15 is 0 Å². The summed E-state index contributed by atoms with van der Waals surface area (Å²) in [5.74, 6) is -2.27. The molecule has 0 aliphatic rings. The molecular weight excluding hydrogens is 280 g/mol. The number of carbonyl (C=O) groups is 4. The summed E-state index contributed by atoms with van der Waals surface area (Å²) in [6, 6.07) is 0. The molecule has 0 radical (unpaired) electrons. The van der Waals surface area contributed by atoms with E-state index < -0.39 is 23.3 Å². The highest BCUT2D eigenvalue weighted by Gasteiger charge is 2.21. The number of amides is 2. The highest BCUT2D eigenvalue weighted by Crippen LogP contribution is 2.11. The maximum Gasteiger partial charge on any atom is 0.332 e. The van der Waals surface area contributed by atoms with Gasteiger partial charge in [-0.2, -0.15) is 0 Å². The van der Waals surface area contributed by atoms with Crippen LogP contribution < -0.4 is 10.6 Å². The van der Waals surface area contributed by atoms with E-state index in [0.717, 1.165) is 12.2 Å². The van der Waals surface area contributed by atoms with Crippen LogP contribution in [0.3, 0.4) is 0 Å². The SMILES string of the molecule is COC(=O)/C=C/C(=O)OCNC(=O)CNC(=O)C(C)(C)C. The average Bonchev–Trinajstić information content (AvgIpc) is 2.40. The molecule has 0 saturated carbocycles. The number of esters is 2. The molecule has 21 heavy (non-hydrogen) atoms. The monoisotopic (exact) mass is 300 g/mol. The van der Waals surface area contributed by atoms with Gasteiger partial charge in [-0.15, -0.1) is 0 Å². The van der Waals surface area contributed by atoms with Crippen LogP contribution in [0.25, 0.3) is 0 Å². The summed E-state index contributed by atoms with van der Waals surface area (Å²) in [6.07, 6.45) is 1.77. The van der Waals surface area contributed by atoms with Gasteiger partial charge in [0.25, 0.3) is 0 Å². The first kappa shape index (κ1) is 18.6. The van der Waals surface area contributed by atoms with E-state index in [4.69, 9.17) is 0 Å². The van der Waals surface area contributed by atoms with Crippen molar-refractivity contribution in [2.45, 2.75) is 20.8 Å². The van der Waals surface area contributed by atoms with Gasteiger partial charge in [0.05, 0.1) is 13.7 Å². The highest BCUT2D eigenvalue weighted by molar-refractivity contribution is 5.91. The van der Waals surface area contributed by atoms with Crippen molar-refractivity contribution in [3.05, 3.63) is 12.2 Å². The van der Waals surface area contributed by atoms with Crippen molar-refractivity contribution in [1.82, 2.24) is 10.6 Å². The van der Waals surface area contributed by atoms with Crippen LogP contribution in [0, 0.1) is 5.41 Å². The smallest absolute Gasteiger partial charge is 0.332 e. The fourth-order valence-electron chi connectivity index (χ4n) is 0.928. The topological polar surface area (TPSA) is 111 Å². The minimum Gasteiger partial charge on any atom is -0.466 e. The first-order valence-electron chi connectivity index (χ1n) is 6.14. The van der Waals surface area contributed by atoms with Crippen molar-refractivity contribution in [2.75, 3.05) is 20.4 Å². The molecular formula is C13H20N2O6. The molecule has 0 bridgehead atoms. The zero-order chi connectivity index (χ0) is 16.5. The molecule has 0 spiro atoms. The second-order valence-electron chi connectivity index (χ2n) is 5.00. The van der Waals surface area contributed by atoms with Gasteiger partial charge in [0, 0.05) is 17.6 Å². The zero-order valence-corrected chi connectivity index (χ0v) is 12.5. The molecule has 0 aromatic heterocycles. The van der Waals surface area contributed by atoms with Crippen LogP contribution in [0.15, 0.2) is 12.2 Å². The Bertz CT molecular complexity index is 436. The van der Waals surface area contributed by atoms with Gasteiger partial charge in [0.1, 0.15) is 0 Å². The Morgan fingerprint density at radius 1 is 1.00 bits per heavy atom. The van der Waals surface area contributed by atoms with Crippen LogP contribution in [0.5, 0.6) is 0 Å². The summed E-state index contributed by atoms with van der Waals surface area (Å²) in [4.78, 5) is 44.7. The lowest BCUT2D eigenvalue weighted by atomic mass is 9.96. The summed E-state index contributed by atoms with van der Waals surface area (Å²) in [7, 11) is 1.17. The Morgan fingerprint density at radius 3 is 2.10 bits per heavy atom. The Hall–Kier alpha value is -2.38. The van der Waals surface area contributed by atoms with Gasteiger partial charge in [-0.05, 0) is 0 Å². The molecule has 8 nitrogen and oxygen atoms in total. The number of nitrogens with one attached hydrogen (secondary N) is 2. The minimum atomic E-state index is -0.806. The molecule has 118 valence electrons. The lowest BCUT2D eigenvalue weighted by Crippen LogP contribution is -2.42. The standard InChI is InChI=1S/C13H20N2O6/c1-13(2,3)12(19)14-7-9(16)15-8-21-11(18)6-5-10(17)20-4/h5-6H,7-8H2,1-4H3,(H,14,19)(H,15,16)/b6-5+. The molecule has 2 N–H and O–H groups in total. The Morgan fingerprint density at radius 2 is 1.57 bits per heavy atom. The fourth-order valence-corrected chi connectivity index (χ4v) is 0.928. The average molecular weight is 300 g/mol. The third kappa shape index (κ3) is 9.20. The molecule has 8 heteroatoms. The Balaban J connectivity index is 3.90. The van der Waals surface area contributed by atoms with Gasteiger partial charge in [-0.1, -0.05) is 20.8 Å². The Labute approximate surface area is 122 Å². The predicted octanol–water partition coefficient (Wildman–Crippen LogP) is -0.505. The molecule has 0 heterocycles. The highest BCUT2D eigenvalue weighted by atomic mass is 16.5. The molecule has 0 rings (SSSR count). The maximum absolute atomic E-state index is 11.5. The molecule has 0 aliphatic carbocycles. The number of hydrogen-bond acceptors (Lipinski definition) is 6. The number of methoxy groups -OCH3 is 1. The van der Waals surface area contributed by atoms with E-state index in [1.807, 2.05) is 0 Å². The van der Waals surface area contributed by atoms with Gasteiger partial charge in [-0.25, -0.2) is 9.59 Å². The van der Waals surface area contributed by atoms with Crippen molar-refractivity contribution >= 4 is 23.8 Å². The normalized spacial score (nSPS) is 10.9. The van der Waals surface area contributed by atoms with Gasteiger partial charge in [-0.3, -0.25) is 9.59 Å². The first-order valence-corrected chi connectivity index (χ1v) is 6.14. The van der Waals surface area contributed by atoms with E-state index in [1.54, 1.807) is 20.8 Å². The van der Waals surface area contributed by atoms with E-state index in [9.17, 15) is 19.2 Å². The van der Waals surface area contributed by atoms with E-state index in [0.29, 0.717) is 0 Å². The molecule has 0 saturated heterocycles. The van der Waals surface area contributed by atoms with Crippen LogP contribution in [-0.4, -0.2) is 44.1 Å². The largest absolute Gasteiger partial charge is 0.466 e. The van der Waals surface area contributed by atoms with Crippen molar-refractivity contribution in [3.8, 4) is 0 Å². The fraction of sp³-hybridized carbons (Fsp3) is 0.538. The Kier molecular flexibility index (Phi) is 7.74. The molecule has 0 unspecified atom stereocenters. The predicted molar refractivity (Wildman–Crippen MR) is 72.7 cm³/mol. The second kappa shape index (κ2) is 8.72. The number of rotatable bonds is 6. The van der Waals surface area contributed by atoms with Crippen LogP contribution >= 0.6 is 0 Å². The maximum atomic E-state index is 11.5. The molecule has 2 amide bonds. The third-order valence-electron chi connectivity index (χ3n) is 2.13. The summed E-state index contributed by atoms with van der Waals surface area (Å²) in [6.45, 7) is 4.57. The third-order valence-corrected chi connectivity index (χ3v) is 2.13. The van der Waals surface area contributed by atoms with Gasteiger partial charge < -0.3 is 20.1 Å². The molecule has 0 fully saturated rings. The number of hydrogen-bond donors (Lipinski definition) is 2. The van der Waals surface area contributed by atoms with E-state index in [-0.39, 0.29) is 19.2 Å². The summed E-state index contributed by atoms with van der Waals surface area (Å²) >= 11 is 0. The zero-order valence-electron chi connectivity index (χ0n) is 12.5. The summed E-state index contributed by atoms with van der Waals surface area (Å²) in [5.41, 5.74) is -0.592. The van der Waals surface area contributed by atoms with Crippen molar-refractivity contribution < 1.29 is 28.7 Å². The van der Waals surface area contributed by atoms with Crippen molar-refractivity contribution in [3.63, 3.8) is 0 Å². The van der Waals surface area contributed by atoms with Crippen LogP contribution in [0.1, 0.15) is 20.8 Å². The van der Waals surface area contributed by atoms with Crippen molar-refractivity contribution in [1.29, 1.82) is 0 Å². The first-order chi connectivity index (χ1) is 9.66. The number of carbonyl (C=O) groups excluding carboxylic acids is 4. The van der Waals surface area contributed by atoms with E-state index in [1.165, 1.54) is 7.11 Å². The van der Waals surface area contributed by atoms with E-state index in [2.05, 4.69) is 20.1 Å². The van der Waals surface area contributed by atoms with Crippen molar-refractivity contribution in [2.24, 2.45) is 5.41 Å². The van der Waals surface area contributed by atoms with Crippen LogP contribution in [0.4, 0.5) is 0 Å². The summed E-state index contributed by atoms with van der Waals surface area (Å²) < 4.78 is 8.89. The molecule has 0 atom stereocenters. The molecule has 0 aromatic carbocycles. The lowest BCUT2D eigenvalue weighted by molar-refractivity contribution is -0.141. The number of ether oxygens (including phenoxy) is 2. The van der Waals surface area contributed by atoms with Gasteiger partial charge in [0.15, 0.2) is 6.73 Å². The van der Waals surface area contributed by atoms with Crippen LogP contribution in [-0.2, 0) is 28.7 Å². The lowest BCUT2D eigenvalue weighted by Gasteiger charge is -2.17. The minimum absolute atomic E-state index is 0.217. The second-order valence-corrected chi connectivity index (χ2v) is 5.00. The quantitative estimate of drug-likeness (QED) is 0.388. The summed E-state index contributed by atoms with van der Waals surface area (Å²) in [5, 5.41) is 4.72. The van der Waals surface area contributed by atoms with Gasteiger partial charge >= 0.3 is 11.9 Å². The molecule has 0 aliphatic heterocycles. The van der Waals surface area contributed by atoms with Gasteiger partial charge in [0.2, 0.25) is 11.8 Å².